The van der Waals surface area contributed by atoms with Gasteiger partial charge < -0.3 is 4.74 Å². The first-order valence-corrected chi connectivity index (χ1v) is 9.08. The Balaban J connectivity index is 2.04. The van der Waals surface area contributed by atoms with Crippen LogP contribution in [0.5, 0.6) is 5.75 Å². The van der Waals surface area contributed by atoms with Crippen LogP contribution in [0.15, 0.2) is 24.3 Å². The Kier molecular flexibility index (Phi) is 5.13. The van der Waals surface area contributed by atoms with E-state index in [4.69, 9.17) is 27.9 Å². The van der Waals surface area contributed by atoms with Gasteiger partial charge in [-0.25, -0.2) is 0 Å². The van der Waals surface area contributed by atoms with Crippen LogP contribution in [0.25, 0.3) is 11.3 Å². The Morgan fingerprint density at radius 2 is 2.00 bits per heavy atom. The van der Waals surface area contributed by atoms with E-state index in [0.29, 0.717) is 5.15 Å². The van der Waals surface area contributed by atoms with Crippen molar-refractivity contribution in [2.75, 3.05) is 6.61 Å². The highest BCUT2D eigenvalue weighted by Gasteiger charge is 2.30. The van der Waals surface area contributed by atoms with Gasteiger partial charge in [-0.3, -0.25) is 0 Å². The summed E-state index contributed by atoms with van der Waals surface area (Å²) >= 11 is 12.8. The second-order valence-corrected chi connectivity index (χ2v) is 6.71. The van der Waals surface area contributed by atoms with Crippen molar-refractivity contribution in [1.82, 2.24) is 0 Å². The Morgan fingerprint density at radius 3 is 2.74 bits per heavy atom. The number of unbranched alkanes of at least 4 members (excludes halogenated alkanes) is 1. The fraction of sp³-hybridized carbons (Fsp3) is 0.421. The average Bonchev–Trinajstić information content (AvgIpc) is 2.55. The zero-order valence-corrected chi connectivity index (χ0v) is 15.2. The number of aryl methyl sites for hydroxylation is 1. The third-order valence-electron chi connectivity index (χ3n) is 4.40. The number of ether oxygens (including phenoxy) is 1. The van der Waals surface area contributed by atoms with Gasteiger partial charge in [0.1, 0.15) is 5.75 Å². The quantitative estimate of drug-likeness (QED) is 0.408. The van der Waals surface area contributed by atoms with Gasteiger partial charge in [-0.05, 0) is 48.2 Å². The van der Waals surface area contributed by atoms with E-state index in [9.17, 15) is 0 Å². The van der Waals surface area contributed by atoms with Crippen molar-refractivity contribution in [2.24, 2.45) is 0 Å². The van der Waals surface area contributed by atoms with E-state index in [1.807, 2.05) is 6.07 Å². The molecule has 0 saturated heterocycles. The molecule has 0 bridgehead atoms. The summed E-state index contributed by atoms with van der Waals surface area (Å²) in [5, 5.41) is 1.45. The molecule has 1 aliphatic rings. The van der Waals surface area contributed by atoms with Crippen molar-refractivity contribution in [3.63, 3.8) is 0 Å². The molecule has 0 spiro atoms. The van der Waals surface area contributed by atoms with Crippen molar-refractivity contribution < 1.29 is 9.30 Å². The molecule has 23 heavy (non-hydrogen) atoms. The Bertz CT molecular complexity index is 708. The van der Waals surface area contributed by atoms with Gasteiger partial charge in [0.25, 0.3) is 5.15 Å². The van der Waals surface area contributed by atoms with Crippen molar-refractivity contribution >= 4 is 23.2 Å². The second-order valence-electron chi connectivity index (χ2n) is 5.92. The van der Waals surface area contributed by atoms with Crippen LogP contribution in [0.3, 0.4) is 0 Å². The molecular formula is C19H22Cl2NO+. The van der Waals surface area contributed by atoms with Gasteiger partial charge in [0.15, 0.2) is 6.54 Å². The maximum Gasteiger partial charge on any atom is 0.276 e. The summed E-state index contributed by atoms with van der Waals surface area (Å²) in [6.45, 7) is 5.96. The smallest absolute Gasteiger partial charge is 0.276 e. The summed E-state index contributed by atoms with van der Waals surface area (Å²) < 4.78 is 8.02. The molecule has 0 fully saturated rings. The largest absolute Gasteiger partial charge is 0.494 e. The lowest BCUT2D eigenvalue weighted by molar-refractivity contribution is -0.685. The number of rotatable bonds is 5. The van der Waals surface area contributed by atoms with Crippen molar-refractivity contribution in [1.29, 1.82) is 0 Å². The lowest BCUT2D eigenvalue weighted by Crippen LogP contribution is -2.42. The van der Waals surface area contributed by atoms with Gasteiger partial charge in [0.05, 0.1) is 17.2 Å². The van der Waals surface area contributed by atoms with E-state index < -0.39 is 0 Å². The highest BCUT2D eigenvalue weighted by atomic mass is 35.5. The fourth-order valence-corrected chi connectivity index (χ4v) is 3.84. The summed E-state index contributed by atoms with van der Waals surface area (Å²) in [7, 11) is 0. The Labute approximate surface area is 148 Å². The molecule has 1 aromatic heterocycles. The minimum atomic E-state index is 0.705. The van der Waals surface area contributed by atoms with Crippen LogP contribution >= 0.6 is 23.2 Å². The average molecular weight is 351 g/mol. The Hall–Kier alpha value is -1.25. The van der Waals surface area contributed by atoms with Gasteiger partial charge in [-0.2, -0.15) is 4.57 Å². The molecule has 0 aliphatic carbocycles. The predicted octanol–water partition coefficient (Wildman–Crippen LogP) is 5.25. The first-order valence-electron chi connectivity index (χ1n) is 8.32. The summed E-state index contributed by atoms with van der Waals surface area (Å²) in [4.78, 5) is 0. The van der Waals surface area contributed by atoms with Gasteiger partial charge in [-0.15, -0.1) is 0 Å². The normalized spacial score (nSPS) is 12.7. The van der Waals surface area contributed by atoms with E-state index in [2.05, 4.69) is 36.6 Å². The highest BCUT2D eigenvalue weighted by Crippen LogP contribution is 2.35. The first-order chi connectivity index (χ1) is 11.2. The molecule has 0 saturated carbocycles. The van der Waals surface area contributed by atoms with Crippen LogP contribution in [-0.2, 0) is 19.4 Å². The zero-order valence-electron chi connectivity index (χ0n) is 13.7. The number of benzene rings is 1. The molecule has 2 heterocycles. The topological polar surface area (TPSA) is 13.1 Å². The monoisotopic (exact) mass is 350 g/mol. The van der Waals surface area contributed by atoms with Crippen LogP contribution in [0.2, 0.25) is 10.2 Å². The summed E-state index contributed by atoms with van der Waals surface area (Å²) in [5.74, 6) is 0.955. The molecule has 0 amide bonds. The van der Waals surface area contributed by atoms with Crippen LogP contribution in [0, 0.1) is 0 Å². The van der Waals surface area contributed by atoms with Crippen LogP contribution < -0.4 is 9.30 Å². The number of pyridine rings is 1. The molecule has 0 unspecified atom stereocenters. The number of nitrogens with zero attached hydrogens (tertiary/aromatic N) is 1. The maximum atomic E-state index is 6.43. The standard InChI is InChI=1S/C19H22Cl2NO/c1-3-5-10-23-14-6-7-16-13(11-14)8-9-22-18(21)12-17(20)15(4-2)19(16)22/h6-7,11-12H,3-5,8-10H2,1-2H3/q+1. The number of hydrogen-bond donors (Lipinski definition) is 0. The van der Waals surface area contributed by atoms with Gasteiger partial charge in [-0.1, -0.05) is 31.9 Å². The third kappa shape index (κ3) is 3.20. The van der Waals surface area contributed by atoms with Crippen LogP contribution in [0.4, 0.5) is 0 Å². The molecule has 1 aromatic carbocycles. The SMILES string of the molecule is CCCCOc1ccc2c(c1)CC[n+]1c(Cl)cc(Cl)c(CC)c1-2. The molecule has 2 nitrogen and oxygen atoms in total. The van der Waals surface area contributed by atoms with E-state index in [1.165, 1.54) is 11.1 Å². The molecule has 0 radical (unpaired) electrons. The lowest BCUT2D eigenvalue weighted by Gasteiger charge is -2.19. The zero-order chi connectivity index (χ0) is 16.4. The first kappa shape index (κ1) is 16.6. The third-order valence-corrected chi connectivity index (χ3v) is 5.05. The number of fused-ring (bicyclic) bond motifs is 3. The van der Waals surface area contributed by atoms with Gasteiger partial charge >= 0.3 is 0 Å². The lowest BCUT2D eigenvalue weighted by atomic mass is 9.93. The summed E-state index contributed by atoms with van der Waals surface area (Å²) in [6.07, 6.45) is 4.08. The molecule has 3 rings (SSSR count). The summed E-state index contributed by atoms with van der Waals surface area (Å²) in [5.41, 5.74) is 4.86. The maximum absolute atomic E-state index is 6.43. The van der Waals surface area contributed by atoms with E-state index in [0.717, 1.165) is 60.9 Å². The number of halogens is 2. The van der Waals surface area contributed by atoms with Crippen molar-refractivity contribution in [3.8, 4) is 17.0 Å². The number of hydrogen-bond acceptors (Lipinski definition) is 1. The Morgan fingerprint density at radius 1 is 1.17 bits per heavy atom. The van der Waals surface area contributed by atoms with E-state index >= 15 is 0 Å². The minimum Gasteiger partial charge on any atom is -0.494 e. The van der Waals surface area contributed by atoms with Gasteiger partial charge in [0, 0.05) is 18.1 Å². The number of aromatic nitrogens is 1. The molecule has 2 aromatic rings. The van der Waals surface area contributed by atoms with Crippen molar-refractivity contribution in [3.05, 3.63) is 45.6 Å². The minimum absolute atomic E-state index is 0.705. The summed E-state index contributed by atoms with van der Waals surface area (Å²) in [6, 6.07) is 8.23. The molecule has 0 atom stereocenters. The highest BCUT2D eigenvalue weighted by molar-refractivity contribution is 6.34. The van der Waals surface area contributed by atoms with Crippen LogP contribution in [-0.4, -0.2) is 6.61 Å². The molecular weight excluding hydrogens is 329 g/mol. The van der Waals surface area contributed by atoms with Crippen LogP contribution in [0.1, 0.15) is 37.8 Å². The van der Waals surface area contributed by atoms with E-state index in [1.54, 1.807) is 0 Å². The molecule has 1 aliphatic heterocycles. The molecule has 4 heteroatoms. The van der Waals surface area contributed by atoms with Crippen molar-refractivity contribution in [2.45, 2.75) is 46.1 Å². The predicted molar refractivity (Wildman–Crippen MR) is 95.6 cm³/mol. The van der Waals surface area contributed by atoms with E-state index in [-0.39, 0.29) is 0 Å². The van der Waals surface area contributed by atoms with Gasteiger partial charge in [0.2, 0.25) is 5.69 Å². The second kappa shape index (κ2) is 7.11. The molecule has 122 valence electrons. The molecule has 0 N–H and O–H groups in total. The fourth-order valence-electron chi connectivity index (χ4n) is 3.18.